The summed E-state index contributed by atoms with van der Waals surface area (Å²) in [4.78, 5) is 34.8. The van der Waals surface area contributed by atoms with Gasteiger partial charge in [-0.15, -0.1) is 0 Å². The normalized spacial score (nSPS) is 14.2. The minimum Gasteiger partial charge on any atom is -0.458 e. The summed E-state index contributed by atoms with van der Waals surface area (Å²) in [6.07, 6.45) is -0.0621. The predicted octanol–water partition coefficient (Wildman–Crippen LogP) is 3.62. The lowest BCUT2D eigenvalue weighted by Gasteiger charge is -2.14. The van der Waals surface area contributed by atoms with Crippen molar-refractivity contribution in [1.82, 2.24) is 5.01 Å². The summed E-state index contributed by atoms with van der Waals surface area (Å²) in [5.41, 5.74) is 2.28. The Balaban J connectivity index is 1.50. The number of benzene rings is 2. The molecule has 0 unspecified atom stereocenters. The van der Waals surface area contributed by atoms with Crippen LogP contribution >= 0.6 is 0 Å². The van der Waals surface area contributed by atoms with Crippen LogP contribution in [0.25, 0.3) is 0 Å². The number of esters is 1. The molecule has 2 aromatic carbocycles. The number of hydrazone groups is 1. The molecule has 0 saturated carbocycles. The quantitative estimate of drug-likeness (QED) is 0.405. The van der Waals surface area contributed by atoms with E-state index in [0.717, 1.165) is 11.3 Å². The fourth-order valence-corrected chi connectivity index (χ4v) is 3.02. The Hall–Kier alpha value is -3.55. The maximum Gasteiger partial charge on any atom is 0.306 e. The maximum absolute atomic E-state index is 12.3. The average Bonchev–Trinajstić information content (AvgIpc) is 3.23. The van der Waals surface area contributed by atoms with Crippen LogP contribution in [-0.2, 0) is 14.3 Å². The highest BCUT2D eigenvalue weighted by molar-refractivity contribution is 6.02. The summed E-state index contributed by atoms with van der Waals surface area (Å²) in [5.74, 6) is -0.778. The largest absolute Gasteiger partial charge is 0.458 e. The van der Waals surface area contributed by atoms with Crippen molar-refractivity contribution in [3.05, 3.63) is 75.8 Å². The first-order valence-electron chi connectivity index (χ1n) is 9.31. The number of nitrogens with zero attached hydrogens (tertiary/aromatic N) is 3. The van der Waals surface area contributed by atoms with Crippen LogP contribution in [0.1, 0.15) is 43.4 Å². The van der Waals surface area contributed by atoms with E-state index in [0.29, 0.717) is 18.5 Å². The van der Waals surface area contributed by atoms with Crippen molar-refractivity contribution in [2.24, 2.45) is 5.10 Å². The van der Waals surface area contributed by atoms with Crippen molar-refractivity contribution in [1.29, 1.82) is 0 Å². The van der Waals surface area contributed by atoms with Gasteiger partial charge in [0, 0.05) is 25.0 Å². The molecular formula is C21H21N3O5. The van der Waals surface area contributed by atoms with Crippen molar-refractivity contribution >= 4 is 23.3 Å². The molecule has 0 saturated heterocycles. The summed E-state index contributed by atoms with van der Waals surface area (Å²) < 4.78 is 5.31. The smallest absolute Gasteiger partial charge is 0.306 e. The van der Waals surface area contributed by atoms with E-state index >= 15 is 0 Å². The molecule has 8 heteroatoms. The molecule has 150 valence electrons. The second kappa shape index (κ2) is 9.09. The van der Waals surface area contributed by atoms with Gasteiger partial charge in [-0.3, -0.25) is 19.7 Å². The molecule has 1 aliphatic heterocycles. The van der Waals surface area contributed by atoms with Gasteiger partial charge in [0.2, 0.25) is 5.91 Å². The van der Waals surface area contributed by atoms with Crippen molar-refractivity contribution < 1.29 is 19.2 Å². The molecule has 8 nitrogen and oxygen atoms in total. The van der Waals surface area contributed by atoms with Crippen molar-refractivity contribution in [2.75, 3.05) is 6.54 Å². The SMILES string of the molecule is C[C@@H](OC(=O)CCC(=O)N1CCC(c2ccccc2)=N1)c1cccc([N+](=O)[O-])c1. The Labute approximate surface area is 167 Å². The number of nitro benzene ring substituents is 1. The van der Waals surface area contributed by atoms with Crippen LogP contribution in [0.3, 0.4) is 0 Å². The third-order valence-electron chi connectivity index (χ3n) is 4.60. The van der Waals surface area contributed by atoms with E-state index in [2.05, 4.69) is 5.10 Å². The monoisotopic (exact) mass is 395 g/mol. The van der Waals surface area contributed by atoms with Gasteiger partial charge in [-0.1, -0.05) is 42.5 Å². The Morgan fingerprint density at radius 3 is 2.66 bits per heavy atom. The Bertz CT molecular complexity index is 942. The van der Waals surface area contributed by atoms with Crippen LogP contribution < -0.4 is 0 Å². The highest BCUT2D eigenvalue weighted by Crippen LogP contribution is 2.22. The number of hydrogen-bond acceptors (Lipinski definition) is 6. The average molecular weight is 395 g/mol. The lowest BCUT2D eigenvalue weighted by Crippen LogP contribution is -2.24. The van der Waals surface area contributed by atoms with Gasteiger partial charge in [0.1, 0.15) is 6.10 Å². The molecule has 1 heterocycles. The summed E-state index contributed by atoms with van der Waals surface area (Å²) in [5, 5.41) is 16.6. The summed E-state index contributed by atoms with van der Waals surface area (Å²) in [6, 6.07) is 15.6. The van der Waals surface area contributed by atoms with Gasteiger partial charge in [-0.05, 0) is 18.1 Å². The Kier molecular flexibility index (Phi) is 6.33. The first kappa shape index (κ1) is 20.2. The lowest BCUT2D eigenvalue weighted by molar-refractivity contribution is -0.385. The van der Waals surface area contributed by atoms with Gasteiger partial charge in [-0.2, -0.15) is 5.10 Å². The Morgan fingerprint density at radius 2 is 1.93 bits per heavy atom. The molecule has 1 aliphatic rings. The molecule has 0 N–H and O–H groups in total. The molecule has 0 radical (unpaired) electrons. The third kappa shape index (κ3) is 5.25. The Morgan fingerprint density at radius 1 is 1.17 bits per heavy atom. The first-order chi connectivity index (χ1) is 13.9. The minimum atomic E-state index is -0.646. The predicted molar refractivity (Wildman–Crippen MR) is 106 cm³/mol. The minimum absolute atomic E-state index is 0.00788. The van der Waals surface area contributed by atoms with Crippen LogP contribution in [0, 0.1) is 10.1 Å². The van der Waals surface area contributed by atoms with E-state index in [9.17, 15) is 19.7 Å². The molecule has 1 atom stereocenters. The second-order valence-corrected chi connectivity index (χ2v) is 6.66. The van der Waals surface area contributed by atoms with Gasteiger partial charge in [0.05, 0.1) is 23.6 Å². The van der Waals surface area contributed by atoms with Gasteiger partial charge in [0.25, 0.3) is 5.69 Å². The van der Waals surface area contributed by atoms with E-state index in [1.165, 1.54) is 23.2 Å². The van der Waals surface area contributed by atoms with Crippen LogP contribution in [0.5, 0.6) is 0 Å². The second-order valence-electron chi connectivity index (χ2n) is 6.66. The molecule has 29 heavy (non-hydrogen) atoms. The standard InChI is InChI=1S/C21H21N3O5/c1-15(17-8-5-9-18(14-17)24(27)28)29-21(26)11-10-20(25)23-13-12-19(22-23)16-6-3-2-4-7-16/h2-9,14-15H,10-13H2,1H3/t15-/m1/s1. The summed E-state index contributed by atoms with van der Waals surface area (Å²) in [6.45, 7) is 2.12. The van der Waals surface area contributed by atoms with Crippen LogP contribution in [0.4, 0.5) is 5.69 Å². The summed E-state index contributed by atoms with van der Waals surface area (Å²) in [7, 11) is 0. The van der Waals surface area contributed by atoms with Crippen LogP contribution in [0.2, 0.25) is 0 Å². The molecule has 0 aromatic heterocycles. The number of ether oxygens (including phenoxy) is 1. The molecule has 0 spiro atoms. The fourth-order valence-electron chi connectivity index (χ4n) is 3.02. The highest BCUT2D eigenvalue weighted by Gasteiger charge is 2.23. The van der Waals surface area contributed by atoms with Gasteiger partial charge in [-0.25, -0.2) is 5.01 Å². The zero-order valence-corrected chi connectivity index (χ0v) is 16.0. The lowest BCUT2D eigenvalue weighted by atomic mass is 10.1. The van der Waals surface area contributed by atoms with Gasteiger partial charge < -0.3 is 4.74 Å². The molecule has 0 aliphatic carbocycles. The van der Waals surface area contributed by atoms with Crippen molar-refractivity contribution in [3.63, 3.8) is 0 Å². The van der Waals surface area contributed by atoms with E-state index in [4.69, 9.17) is 4.74 Å². The van der Waals surface area contributed by atoms with Crippen LogP contribution in [-0.4, -0.2) is 34.1 Å². The first-order valence-corrected chi connectivity index (χ1v) is 9.31. The van der Waals surface area contributed by atoms with Gasteiger partial charge in [0.15, 0.2) is 0 Å². The summed E-state index contributed by atoms with van der Waals surface area (Å²) >= 11 is 0. The number of amides is 1. The van der Waals surface area contributed by atoms with Crippen molar-refractivity contribution in [3.8, 4) is 0 Å². The molecule has 0 bridgehead atoms. The van der Waals surface area contributed by atoms with E-state index < -0.39 is 17.0 Å². The van der Waals surface area contributed by atoms with Crippen LogP contribution in [0.15, 0.2) is 59.7 Å². The zero-order valence-electron chi connectivity index (χ0n) is 16.0. The highest BCUT2D eigenvalue weighted by atomic mass is 16.6. The number of carbonyl (C=O) groups excluding carboxylic acids is 2. The fraction of sp³-hybridized carbons (Fsp3) is 0.286. The number of rotatable bonds is 7. The number of non-ortho nitro benzene ring substituents is 1. The van der Waals surface area contributed by atoms with E-state index in [-0.39, 0.29) is 24.4 Å². The van der Waals surface area contributed by atoms with E-state index in [1.54, 1.807) is 13.0 Å². The van der Waals surface area contributed by atoms with Crippen molar-refractivity contribution in [2.45, 2.75) is 32.3 Å². The topological polar surface area (TPSA) is 102 Å². The molecular weight excluding hydrogens is 374 g/mol. The number of hydrogen-bond donors (Lipinski definition) is 0. The maximum atomic E-state index is 12.3. The molecule has 0 fully saturated rings. The zero-order chi connectivity index (χ0) is 20.8. The number of carbonyl (C=O) groups is 2. The molecule has 2 aromatic rings. The molecule has 3 rings (SSSR count). The van der Waals surface area contributed by atoms with E-state index in [1.807, 2.05) is 30.3 Å². The van der Waals surface area contributed by atoms with Gasteiger partial charge >= 0.3 is 5.97 Å². The molecule has 1 amide bonds. The number of nitro groups is 1. The third-order valence-corrected chi connectivity index (χ3v) is 4.60.